The molecule has 0 aromatic rings. The molecule has 0 aliphatic heterocycles. The third-order valence-electron chi connectivity index (χ3n) is 0.249. The molecular weight excluding hydrogens is 103 g/mol. The third kappa shape index (κ3) is 10.7. The summed E-state index contributed by atoms with van der Waals surface area (Å²) in [5, 5.41) is 0. The second kappa shape index (κ2) is 6.21. The fourth-order valence-corrected chi connectivity index (χ4v) is 0.117. The number of esters is 1. The van der Waals surface area contributed by atoms with Gasteiger partial charge in [0.25, 0.3) is 0 Å². The summed E-state index contributed by atoms with van der Waals surface area (Å²) in [4.78, 5) is 9.75. The van der Waals surface area contributed by atoms with Gasteiger partial charge in [0.05, 0.1) is 6.26 Å². The second-order valence-electron chi connectivity index (χ2n) is 0.776. The van der Waals surface area contributed by atoms with Crippen molar-refractivity contribution in [2.45, 2.75) is 6.92 Å². The predicted octanol–water partition coefficient (Wildman–Crippen LogP) is 0.0445. The fraction of sp³-hybridized carbons (Fsp3) is 0.250. The molecule has 0 aromatic heterocycles. The molecule has 36 valence electrons. The Labute approximate surface area is 64.8 Å². The van der Waals surface area contributed by atoms with Crippen LogP contribution in [0.1, 0.15) is 6.92 Å². The van der Waals surface area contributed by atoms with Crippen LogP contribution in [0.2, 0.25) is 0 Å². The molecule has 0 rings (SSSR count). The quantitative estimate of drug-likeness (QED) is 0.271. The average molecular weight is 110 g/mol. The summed E-state index contributed by atoms with van der Waals surface area (Å²) in [6, 6.07) is 0. The van der Waals surface area contributed by atoms with Crippen LogP contribution in [-0.2, 0) is 9.53 Å². The van der Waals surface area contributed by atoms with Gasteiger partial charge in [0.1, 0.15) is 0 Å². The average Bonchev–Trinajstić information content (AvgIpc) is 1.35. The van der Waals surface area contributed by atoms with Gasteiger partial charge in [-0.3, -0.25) is 4.79 Å². The van der Waals surface area contributed by atoms with E-state index in [0.29, 0.717) is 0 Å². The van der Waals surface area contributed by atoms with Gasteiger partial charge < -0.3 is 4.74 Å². The first-order valence-electron chi connectivity index (χ1n) is 1.55. The molecule has 2 nitrogen and oxygen atoms in total. The van der Waals surface area contributed by atoms with Gasteiger partial charge >= 0.3 is 35.5 Å². The maximum atomic E-state index is 9.75. The maximum absolute atomic E-state index is 9.75. The predicted molar refractivity (Wildman–Crippen MR) is 29.1 cm³/mol. The number of hydrogen-bond donors (Lipinski definition) is 0. The van der Waals surface area contributed by atoms with Crippen LogP contribution in [0, 0.1) is 0 Å². The monoisotopic (exact) mass is 110 g/mol. The number of ether oxygens (including phenoxy) is 1. The van der Waals surface area contributed by atoms with Crippen LogP contribution in [-0.4, -0.2) is 35.5 Å². The van der Waals surface area contributed by atoms with Crippen molar-refractivity contribution in [2.24, 2.45) is 0 Å². The van der Waals surface area contributed by atoms with Gasteiger partial charge in [-0.25, -0.2) is 0 Å². The molecule has 0 heterocycles. The molecule has 3 heteroatoms. The SMILES string of the molecule is C=COC(C)=O.[NaH]. The first kappa shape index (κ1) is 10.2. The Balaban J connectivity index is 0. The van der Waals surface area contributed by atoms with Crippen LogP contribution in [0.5, 0.6) is 0 Å². The fourth-order valence-electron chi connectivity index (χ4n) is 0.117. The molecular formula is C4H7NaO2. The van der Waals surface area contributed by atoms with Gasteiger partial charge in [0.15, 0.2) is 0 Å². The molecule has 0 saturated heterocycles. The minimum atomic E-state index is -0.329. The van der Waals surface area contributed by atoms with Gasteiger partial charge in [-0.1, -0.05) is 6.58 Å². The molecule has 0 fully saturated rings. The van der Waals surface area contributed by atoms with E-state index in [1.54, 1.807) is 0 Å². The van der Waals surface area contributed by atoms with Crippen LogP contribution in [0.15, 0.2) is 12.8 Å². The van der Waals surface area contributed by atoms with Gasteiger partial charge in [0.2, 0.25) is 0 Å². The van der Waals surface area contributed by atoms with E-state index in [-0.39, 0.29) is 35.5 Å². The number of carbonyl (C=O) groups is 1. The van der Waals surface area contributed by atoms with Gasteiger partial charge in [-0.05, 0) is 0 Å². The van der Waals surface area contributed by atoms with Crippen molar-refractivity contribution in [3.05, 3.63) is 12.8 Å². The first-order valence-corrected chi connectivity index (χ1v) is 1.55. The standard InChI is InChI=1S/C4H6O2.Na.H/c1-3-6-4(2)5;;/h3H,1H2,2H3;;. The van der Waals surface area contributed by atoms with Crippen LogP contribution < -0.4 is 0 Å². The van der Waals surface area contributed by atoms with E-state index in [0.717, 1.165) is 6.26 Å². The molecule has 0 bridgehead atoms. The van der Waals surface area contributed by atoms with E-state index in [9.17, 15) is 4.79 Å². The van der Waals surface area contributed by atoms with E-state index >= 15 is 0 Å². The van der Waals surface area contributed by atoms with Crippen LogP contribution >= 0.6 is 0 Å². The van der Waals surface area contributed by atoms with E-state index in [4.69, 9.17) is 0 Å². The Bertz CT molecular complexity index is 70.1. The number of hydrogen-bond acceptors (Lipinski definition) is 2. The molecule has 0 spiro atoms. The van der Waals surface area contributed by atoms with Crippen molar-refractivity contribution in [1.29, 1.82) is 0 Å². The van der Waals surface area contributed by atoms with Crippen LogP contribution in [0.3, 0.4) is 0 Å². The third-order valence-corrected chi connectivity index (χ3v) is 0.249. The summed E-state index contributed by atoms with van der Waals surface area (Å²) < 4.78 is 4.17. The molecule has 0 amide bonds. The zero-order valence-corrected chi connectivity index (χ0v) is 3.60. The Hall–Kier alpha value is 0.210. The first-order chi connectivity index (χ1) is 2.77. The summed E-state index contributed by atoms with van der Waals surface area (Å²) in [5.74, 6) is -0.329. The summed E-state index contributed by atoms with van der Waals surface area (Å²) in [6.45, 7) is 4.48. The normalized spacial score (nSPS) is 5.86. The molecule has 0 saturated carbocycles. The Morgan fingerprint density at radius 2 is 2.29 bits per heavy atom. The number of carbonyl (C=O) groups excluding carboxylic acids is 1. The molecule has 0 N–H and O–H groups in total. The van der Waals surface area contributed by atoms with E-state index in [1.807, 2.05) is 0 Å². The van der Waals surface area contributed by atoms with Crippen molar-refractivity contribution in [2.75, 3.05) is 0 Å². The topological polar surface area (TPSA) is 26.3 Å². The number of rotatable bonds is 1. The molecule has 0 aromatic carbocycles. The van der Waals surface area contributed by atoms with Gasteiger partial charge in [-0.15, -0.1) is 0 Å². The van der Waals surface area contributed by atoms with Crippen molar-refractivity contribution >= 4 is 35.5 Å². The summed E-state index contributed by atoms with van der Waals surface area (Å²) in [6.07, 6.45) is 1.10. The molecule has 7 heavy (non-hydrogen) atoms. The van der Waals surface area contributed by atoms with E-state index in [2.05, 4.69) is 11.3 Å². The van der Waals surface area contributed by atoms with Crippen LogP contribution in [0.4, 0.5) is 0 Å². The Morgan fingerprint density at radius 3 is 2.29 bits per heavy atom. The zero-order chi connectivity index (χ0) is 4.99. The Morgan fingerprint density at radius 1 is 1.86 bits per heavy atom. The van der Waals surface area contributed by atoms with E-state index in [1.165, 1.54) is 6.92 Å². The van der Waals surface area contributed by atoms with Crippen molar-refractivity contribution < 1.29 is 9.53 Å². The van der Waals surface area contributed by atoms with Crippen LogP contribution in [0.25, 0.3) is 0 Å². The van der Waals surface area contributed by atoms with Gasteiger partial charge in [0, 0.05) is 6.92 Å². The Kier molecular flexibility index (Phi) is 9.09. The summed E-state index contributed by atoms with van der Waals surface area (Å²) in [5.41, 5.74) is 0. The van der Waals surface area contributed by atoms with Gasteiger partial charge in [-0.2, -0.15) is 0 Å². The molecule has 0 unspecified atom stereocenters. The minimum absolute atomic E-state index is 0. The van der Waals surface area contributed by atoms with Crippen molar-refractivity contribution in [3.63, 3.8) is 0 Å². The van der Waals surface area contributed by atoms with E-state index < -0.39 is 0 Å². The molecule has 0 radical (unpaired) electrons. The molecule has 0 atom stereocenters. The molecule has 0 aliphatic rings. The zero-order valence-electron chi connectivity index (χ0n) is 3.60. The summed E-state index contributed by atoms with van der Waals surface area (Å²) in [7, 11) is 0. The molecule has 0 aliphatic carbocycles. The summed E-state index contributed by atoms with van der Waals surface area (Å²) >= 11 is 0. The second-order valence-corrected chi connectivity index (χ2v) is 0.776. The van der Waals surface area contributed by atoms with Crippen molar-refractivity contribution in [3.8, 4) is 0 Å². The van der Waals surface area contributed by atoms with Crippen molar-refractivity contribution in [1.82, 2.24) is 0 Å².